The Morgan fingerprint density at radius 2 is 2.13 bits per heavy atom. The first-order valence-corrected chi connectivity index (χ1v) is 4.67. The van der Waals surface area contributed by atoms with Crippen LogP contribution in [-0.4, -0.2) is 21.3 Å². The number of carboxylic acids is 1. The minimum Gasteiger partial charge on any atom is -0.503 e. The summed E-state index contributed by atoms with van der Waals surface area (Å²) in [6.07, 6.45) is 2.03. The Kier molecular flexibility index (Phi) is 4.05. The molecule has 0 aliphatic rings. The summed E-state index contributed by atoms with van der Waals surface area (Å²) < 4.78 is 1.65. The van der Waals surface area contributed by atoms with Crippen LogP contribution in [0.5, 0.6) is 5.75 Å². The molecule has 1 rings (SSSR count). The average Bonchev–Trinajstić information content (AvgIpc) is 2.17. The molecular weight excluding hydrogens is 198 g/mol. The predicted octanol–water partition coefficient (Wildman–Crippen LogP) is 0.0368. The molecule has 0 unspecified atom stereocenters. The van der Waals surface area contributed by atoms with Gasteiger partial charge in [-0.2, -0.15) is 4.57 Å². The molecule has 0 bridgehead atoms. The highest BCUT2D eigenvalue weighted by Gasteiger charge is 2.11. The van der Waals surface area contributed by atoms with Gasteiger partial charge in [0.05, 0.1) is 6.42 Å². The summed E-state index contributed by atoms with van der Waals surface area (Å²) >= 11 is 0. The van der Waals surface area contributed by atoms with Crippen molar-refractivity contribution < 1.29 is 24.7 Å². The van der Waals surface area contributed by atoms with Crippen molar-refractivity contribution >= 4 is 5.97 Å². The Bertz CT molecular complexity index is 351. The average molecular weight is 212 g/mol. The van der Waals surface area contributed by atoms with Crippen molar-refractivity contribution in [2.45, 2.75) is 26.0 Å². The number of carboxylic acid groups (broad SMARTS) is 1. The normalized spacial score (nSPS) is 10.2. The van der Waals surface area contributed by atoms with Gasteiger partial charge in [0.2, 0.25) is 11.9 Å². The Hall–Kier alpha value is -1.62. The molecule has 1 aromatic rings. The molecule has 82 valence electrons. The molecule has 1 aromatic heterocycles. The predicted molar refractivity (Wildman–Crippen MR) is 51.1 cm³/mol. The monoisotopic (exact) mass is 212 g/mol. The maximum absolute atomic E-state index is 10.3. The fourth-order valence-electron chi connectivity index (χ4n) is 1.32. The highest BCUT2D eigenvalue weighted by molar-refractivity contribution is 5.66. The first-order chi connectivity index (χ1) is 7.13. The number of aryl methyl sites for hydroxylation is 1. The van der Waals surface area contributed by atoms with E-state index in [0.29, 0.717) is 18.7 Å². The van der Waals surface area contributed by atoms with Crippen molar-refractivity contribution in [3.05, 3.63) is 24.0 Å². The molecule has 0 fully saturated rings. The summed E-state index contributed by atoms with van der Waals surface area (Å²) in [6, 6.07) is 3.09. The zero-order valence-corrected chi connectivity index (χ0v) is 8.26. The van der Waals surface area contributed by atoms with Gasteiger partial charge in [-0.1, -0.05) is 0 Å². The van der Waals surface area contributed by atoms with Crippen LogP contribution in [0.15, 0.2) is 18.3 Å². The van der Waals surface area contributed by atoms with E-state index < -0.39 is 5.97 Å². The van der Waals surface area contributed by atoms with Gasteiger partial charge >= 0.3 is 5.97 Å². The number of carbonyl (C=O) groups is 1. The molecule has 0 radical (unpaired) electrons. The van der Waals surface area contributed by atoms with Crippen LogP contribution in [0.25, 0.3) is 0 Å². The van der Waals surface area contributed by atoms with Gasteiger partial charge in [0.25, 0.3) is 0 Å². The molecule has 0 saturated carbocycles. The molecule has 0 atom stereocenters. The van der Waals surface area contributed by atoms with E-state index in [0.717, 1.165) is 0 Å². The van der Waals surface area contributed by atoms with Crippen molar-refractivity contribution in [3.63, 3.8) is 0 Å². The molecule has 5 nitrogen and oxygen atoms in total. The van der Waals surface area contributed by atoms with Crippen molar-refractivity contribution in [1.29, 1.82) is 0 Å². The summed E-state index contributed by atoms with van der Waals surface area (Å²) in [7, 11) is 0. The quantitative estimate of drug-likeness (QED) is 0.602. The van der Waals surface area contributed by atoms with Crippen LogP contribution in [0.4, 0.5) is 0 Å². The number of aromatic nitrogens is 1. The maximum atomic E-state index is 10.3. The van der Waals surface area contributed by atoms with Gasteiger partial charge < -0.3 is 15.3 Å². The number of rotatable bonds is 5. The third kappa shape index (κ3) is 3.55. The van der Waals surface area contributed by atoms with E-state index in [1.807, 2.05) is 0 Å². The number of aliphatic hydroxyl groups is 1. The van der Waals surface area contributed by atoms with E-state index in [1.54, 1.807) is 10.6 Å². The molecule has 5 heteroatoms. The molecule has 0 aliphatic carbocycles. The van der Waals surface area contributed by atoms with Crippen molar-refractivity contribution in [1.82, 2.24) is 0 Å². The third-order valence-electron chi connectivity index (χ3n) is 2.06. The fraction of sp³-hybridized carbons (Fsp3) is 0.400. The van der Waals surface area contributed by atoms with E-state index in [4.69, 9.17) is 10.2 Å². The SMILES string of the molecule is O=C(O)CCC[n+]1cc(O)ccc1CO. The molecular formula is C10H14NO4+. The van der Waals surface area contributed by atoms with E-state index in [1.165, 1.54) is 12.3 Å². The number of hydrogen-bond donors (Lipinski definition) is 3. The summed E-state index contributed by atoms with van der Waals surface area (Å²) in [5.74, 6) is -0.746. The van der Waals surface area contributed by atoms with Crippen LogP contribution in [0, 0.1) is 0 Å². The summed E-state index contributed by atoms with van der Waals surface area (Å²) in [6.45, 7) is 0.337. The van der Waals surface area contributed by atoms with Crippen molar-refractivity contribution in [2.75, 3.05) is 0 Å². The van der Waals surface area contributed by atoms with Gasteiger partial charge in [0, 0.05) is 12.5 Å². The first kappa shape index (κ1) is 11.5. The van der Waals surface area contributed by atoms with Gasteiger partial charge in [0.15, 0.2) is 5.75 Å². The van der Waals surface area contributed by atoms with Crippen molar-refractivity contribution in [2.24, 2.45) is 0 Å². The second-order valence-electron chi connectivity index (χ2n) is 3.23. The van der Waals surface area contributed by atoms with Crippen LogP contribution >= 0.6 is 0 Å². The molecule has 15 heavy (non-hydrogen) atoms. The Labute approximate surface area is 87.2 Å². The van der Waals surface area contributed by atoms with Gasteiger partial charge in [-0.3, -0.25) is 4.79 Å². The minimum atomic E-state index is -0.846. The second-order valence-corrected chi connectivity index (χ2v) is 3.23. The number of nitrogens with zero attached hydrogens (tertiary/aromatic N) is 1. The Morgan fingerprint density at radius 1 is 1.40 bits per heavy atom. The van der Waals surface area contributed by atoms with Gasteiger partial charge in [-0.15, -0.1) is 0 Å². The number of aliphatic carboxylic acids is 1. The number of hydrogen-bond acceptors (Lipinski definition) is 3. The van der Waals surface area contributed by atoms with Crippen LogP contribution < -0.4 is 4.57 Å². The van der Waals surface area contributed by atoms with Gasteiger partial charge in [-0.25, -0.2) is 0 Å². The van der Waals surface area contributed by atoms with E-state index >= 15 is 0 Å². The smallest absolute Gasteiger partial charge is 0.303 e. The molecule has 0 saturated heterocycles. The lowest BCUT2D eigenvalue weighted by Gasteiger charge is -2.01. The lowest BCUT2D eigenvalue weighted by atomic mass is 10.2. The number of aliphatic hydroxyl groups excluding tert-OH is 1. The number of pyridine rings is 1. The van der Waals surface area contributed by atoms with Gasteiger partial charge in [0.1, 0.15) is 13.2 Å². The number of aromatic hydroxyl groups is 1. The maximum Gasteiger partial charge on any atom is 0.303 e. The summed E-state index contributed by atoms with van der Waals surface area (Å²) in [5.41, 5.74) is 0.651. The summed E-state index contributed by atoms with van der Waals surface area (Å²) in [4.78, 5) is 10.3. The van der Waals surface area contributed by atoms with Crippen LogP contribution in [-0.2, 0) is 17.9 Å². The molecule has 0 amide bonds. The fourth-order valence-corrected chi connectivity index (χ4v) is 1.32. The summed E-state index contributed by atoms with van der Waals surface area (Å²) in [5, 5.41) is 26.7. The van der Waals surface area contributed by atoms with Crippen LogP contribution in [0.3, 0.4) is 0 Å². The lowest BCUT2D eigenvalue weighted by Crippen LogP contribution is -2.38. The highest BCUT2D eigenvalue weighted by Crippen LogP contribution is 2.05. The molecule has 1 heterocycles. The largest absolute Gasteiger partial charge is 0.503 e. The zero-order valence-electron chi connectivity index (χ0n) is 8.26. The standard InChI is InChI=1S/C10H13NO4/c12-7-8-3-4-9(13)6-11(8)5-1-2-10(14)15/h3-4,6,12H,1-2,5,7H2,(H-,13,14,15)/p+1. The third-order valence-corrected chi connectivity index (χ3v) is 2.06. The Balaban J connectivity index is 2.65. The van der Waals surface area contributed by atoms with Crippen LogP contribution in [0.1, 0.15) is 18.5 Å². The van der Waals surface area contributed by atoms with E-state index in [9.17, 15) is 9.90 Å². The zero-order chi connectivity index (χ0) is 11.3. The lowest BCUT2D eigenvalue weighted by molar-refractivity contribution is -0.706. The topological polar surface area (TPSA) is 81.6 Å². The van der Waals surface area contributed by atoms with E-state index in [-0.39, 0.29) is 18.8 Å². The molecule has 3 N–H and O–H groups in total. The first-order valence-electron chi connectivity index (χ1n) is 4.67. The second kappa shape index (κ2) is 5.31. The highest BCUT2D eigenvalue weighted by atomic mass is 16.4. The molecule has 0 aromatic carbocycles. The molecule has 0 aliphatic heterocycles. The Morgan fingerprint density at radius 3 is 2.73 bits per heavy atom. The van der Waals surface area contributed by atoms with Crippen molar-refractivity contribution in [3.8, 4) is 5.75 Å². The van der Waals surface area contributed by atoms with Crippen LogP contribution in [0.2, 0.25) is 0 Å². The molecule has 0 spiro atoms. The van der Waals surface area contributed by atoms with Gasteiger partial charge in [-0.05, 0) is 6.07 Å². The van der Waals surface area contributed by atoms with E-state index in [2.05, 4.69) is 0 Å². The minimum absolute atomic E-state index is 0.0769.